The Morgan fingerprint density at radius 3 is 2.62 bits per heavy atom. The standard InChI is InChI=1S/C12H14O4/c1-9-11(16-12(13)15-9)8-14-7-10-5-3-2-4-6-10/h2-6,9,11H,7-8H2,1H3/t9-,11+/m0/s1. The molecule has 1 aromatic rings. The summed E-state index contributed by atoms with van der Waals surface area (Å²) in [4.78, 5) is 10.8. The Morgan fingerprint density at radius 1 is 1.25 bits per heavy atom. The lowest BCUT2D eigenvalue weighted by molar-refractivity contribution is 0.0265. The molecule has 0 N–H and O–H groups in total. The molecule has 1 heterocycles. The number of rotatable bonds is 4. The monoisotopic (exact) mass is 222 g/mol. The van der Waals surface area contributed by atoms with Crippen LogP contribution in [0.3, 0.4) is 0 Å². The highest BCUT2D eigenvalue weighted by Gasteiger charge is 2.33. The smallest absolute Gasteiger partial charge is 0.427 e. The first-order chi connectivity index (χ1) is 7.75. The quantitative estimate of drug-likeness (QED) is 0.732. The maximum Gasteiger partial charge on any atom is 0.509 e. The molecule has 0 radical (unpaired) electrons. The maximum absolute atomic E-state index is 10.8. The minimum atomic E-state index is -0.610. The third kappa shape index (κ3) is 2.73. The largest absolute Gasteiger partial charge is 0.509 e. The Kier molecular flexibility index (Phi) is 3.41. The predicted octanol–water partition coefficient (Wildman–Crippen LogP) is 2.13. The summed E-state index contributed by atoms with van der Waals surface area (Å²) in [5.41, 5.74) is 1.10. The molecule has 0 bridgehead atoms. The second kappa shape index (κ2) is 4.99. The zero-order valence-electron chi connectivity index (χ0n) is 9.09. The average Bonchev–Trinajstić information content (AvgIpc) is 2.59. The Balaban J connectivity index is 1.74. The molecule has 1 saturated heterocycles. The molecule has 16 heavy (non-hydrogen) atoms. The lowest BCUT2D eigenvalue weighted by Gasteiger charge is -2.11. The molecule has 0 aromatic heterocycles. The summed E-state index contributed by atoms with van der Waals surface area (Å²) in [7, 11) is 0. The number of ether oxygens (including phenoxy) is 3. The van der Waals surface area contributed by atoms with Gasteiger partial charge in [-0.15, -0.1) is 0 Å². The van der Waals surface area contributed by atoms with E-state index in [1.165, 1.54) is 0 Å². The minimum absolute atomic E-state index is 0.233. The normalized spacial score (nSPS) is 23.9. The molecule has 0 amide bonds. The van der Waals surface area contributed by atoms with Gasteiger partial charge in [0.25, 0.3) is 0 Å². The molecule has 0 aliphatic carbocycles. The Bertz CT molecular complexity index is 349. The van der Waals surface area contributed by atoms with Gasteiger partial charge in [-0.2, -0.15) is 0 Å². The fourth-order valence-corrected chi connectivity index (χ4v) is 1.51. The first kappa shape index (κ1) is 11.0. The summed E-state index contributed by atoms with van der Waals surface area (Å²) in [5, 5.41) is 0. The highest BCUT2D eigenvalue weighted by atomic mass is 16.8. The summed E-state index contributed by atoms with van der Waals surface area (Å²) < 4.78 is 15.2. The van der Waals surface area contributed by atoms with Gasteiger partial charge in [0.1, 0.15) is 6.10 Å². The highest BCUT2D eigenvalue weighted by Crippen LogP contribution is 2.15. The van der Waals surface area contributed by atoms with Crippen LogP contribution in [0.4, 0.5) is 4.79 Å². The van der Waals surface area contributed by atoms with Crippen LogP contribution in [0.5, 0.6) is 0 Å². The lowest BCUT2D eigenvalue weighted by Crippen LogP contribution is -2.24. The number of hydrogen-bond donors (Lipinski definition) is 0. The highest BCUT2D eigenvalue weighted by molar-refractivity contribution is 5.62. The van der Waals surface area contributed by atoms with Gasteiger partial charge in [-0.25, -0.2) is 4.79 Å². The second-order valence-corrected chi connectivity index (χ2v) is 3.73. The molecule has 0 unspecified atom stereocenters. The van der Waals surface area contributed by atoms with Crippen molar-refractivity contribution in [2.24, 2.45) is 0 Å². The first-order valence-corrected chi connectivity index (χ1v) is 5.24. The molecule has 86 valence electrons. The van der Waals surface area contributed by atoms with Crippen molar-refractivity contribution in [3.63, 3.8) is 0 Å². The fraction of sp³-hybridized carbons (Fsp3) is 0.417. The van der Waals surface area contributed by atoms with Gasteiger partial charge < -0.3 is 14.2 Å². The molecular formula is C12H14O4. The number of benzene rings is 1. The third-order valence-corrected chi connectivity index (χ3v) is 2.45. The molecule has 2 rings (SSSR count). The molecule has 1 aliphatic rings. The van der Waals surface area contributed by atoms with Gasteiger partial charge in [0.15, 0.2) is 6.10 Å². The molecule has 4 nitrogen and oxygen atoms in total. The Hall–Kier alpha value is -1.55. The summed E-state index contributed by atoms with van der Waals surface area (Å²) >= 11 is 0. The summed E-state index contributed by atoms with van der Waals surface area (Å²) in [6, 6.07) is 9.85. The van der Waals surface area contributed by atoms with Gasteiger partial charge in [0.2, 0.25) is 0 Å². The van der Waals surface area contributed by atoms with Crippen molar-refractivity contribution in [2.75, 3.05) is 6.61 Å². The SMILES string of the molecule is C[C@@H]1OC(=O)O[C@@H]1COCc1ccccc1. The summed E-state index contributed by atoms with van der Waals surface area (Å²) in [6.45, 7) is 2.67. The van der Waals surface area contributed by atoms with Crippen LogP contribution in [0.15, 0.2) is 30.3 Å². The van der Waals surface area contributed by atoms with Crippen LogP contribution in [-0.4, -0.2) is 25.0 Å². The number of hydrogen-bond acceptors (Lipinski definition) is 4. The van der Waals surface area contributed by atoms with Crippen molar-refractivity contribution in [2.45, 2.75) is 25.7 Å². The zero-order valence-corrected chi connectivity index (χ0v) is 9.09. The molecule has 2 atom stereocenters. The molecular weight excluding hydrogens is 208 g/mol. The zero-order chi connectivity index (χ0) is 11.4. The Morgan fingerprint density at radius 2 is 2.00 bits per heavy atom. The first-order valence-electron chi connectivity index (χ1n) is 5.24. The minimum Gasteiger partial charge on any atom is -0.427 e. The number of carbonyl (C=O) groups is 1. The third-order valence-electron chi connectivity index (χ3n) is 2.45. The topological polar surface area (TPSA) is 44.8 Å². The number of carbonyl (C=O) groups excluding carboxylic acids is 1. The van der Waals surface area contributed by atoms with Crippen molar-refractivity contribution in [1.82, 2.24) is 0 Å². The van der Waals surface area contributed by atoms with E-state index < -0.39 is 6.16 Å². The van der Waals surface area contributed by atoms with Crippen LogP contribution in [-0.2, 0) is 20.8 Å². The van der Waals surface area contributed by atoms with Crippen molar-refractivity contribution in [3.8, 4) is 0 Å². The molecule has 1 aromatic carbocycles. The van der Waals surface area contributed by atoms with E-state index in [9.17, 15) is 4.79 Å². The molecule has 0 spiro atoms. The average molecular weight is 222 g/mol. The number of cyclic esters (lactones) is 2. The Labute approximate surface area is 94.1 Å². The van der Waals surface area contributed by atoms with E-state index in [1.807, 2.05) is 30.3 Å². The van der Waals surface area contributed by atoms with E-state index >= 15 is 0 Å². The van der Waals surface area contributed by atoms with Crippen molar-refractivity contribution in [1.29, 1.82) is 0 Å². The summed E-state index contributed by atoms with van der Waals surface area (Å²) in [6.07, 6.45) is -1.14. The summed E-state index contributed by atoms with van der Waals surface area (Å²) in [5.74, 6) is 0. The van der Waals surface area contributed by atoms with E-state index in [4.69, 9.17) is 14.2 Å². The van der Waals surface area contributed by atoms with Gasteiger partial charge in [0, 0.05) is 0 Å². The van der Waals surface area contributed by atoms with Crippen LogP contribution in [0.25, 0.3) is 0 Å². The predicted molar refractivity (Wildman–Crippen MR) is 56.9 cm³/mol. The van der Waals surface area contributed by atoms with Crippen LogP contribution in [0.1, 0.15) is 12.5 Å². The van der Waals surface area contributed by atoms with Gasteiger partial charge in [0.05, 0.1) is 13.2 Å². The van der Waals surface area contributed by atoms with Gasteiger partial charge >= 0.3 is 6.16 Å². The molecule has 0 saturated carbocycles. The van der Waals surface area contributed by atoms with E-state index in [1.54, 1.807) is 6.92 Å². The van der Waals surface area contributed by atoms with Crippen LogP contribution >= 0.6 is 0 Å². The van der Waals surface area contributed by atoms with Crippen molar-refractivity contribution < 1.29 is 19.0 Å². The molecule has 1 aliphatic heterocycles. The van der Waals surface area contributed by atoms with E-state index in [-0.39, 0.29) is 12.2 Å². The van der Waals surface area contributed by atoms with E-state index in [0.717, 1.165) is 5.56 Å². The van der Waals surface area contributed by atoms with E-state index in [2.05, 4.69) is 0 Å². The van der Waals surface area contributed by atoms with Gasteiger partial charge in [-0.3, -0.25) is 0 Å². The fourth-order valence-electron chi connectivity index (χ4n) is 1.51. The molecule has 4 heteroatoms. The van der Waals surface area contributed by atoms with Crippen molar-refractivity contribution in [3.05, 3.63) is 35.9 Å². The van der Waals surface area contributed by atoms with Crippen LogP contribution in [0.2, 0.25) is 0 Å². The molecule has 1 fully saturated rings. The van der Waals surface area contributed by atoms with E-state index in [0.29, 0.717) is 13.2 Å². The van der Waals surface area contributed by atoms with Crippen LogP contribution < -0.4 is 0 Å². The van der Waals surface area contributed by atoms with Crippen molar-refractivity contribution >= 4 is 6.16 Å². The van der Waals surface area contributed by atoms with Gasteiger partial charge in [-0.1, -0.05) is 30.3 Å². The lowest BCUT2D eigenvalue weighted by atomic mass is 10.2. The van der Waals surface area contributed by atoms with Gasteiger partial charge in [-0.05, 0) is 12.5 Å². The van der Waals surface area contributed by atoms with Crippen LogP contribution in [0, 0.1) is 0 Å². The maximum atomic E-state index is 10.8. The second-order valence-electron chi connectivity index (χ2n) is 3.73.